The summed E-state index contributed by atoms with van der Waals surface area (Å²) in [4.78, 5) is 0. The fraction of sp³-hybridized carbons (Fsp3) is 0.400. The number of rotatable bonds is 6. The Kier molecular flexibility index (Phi) is 4.58. The van der Waals surface area contributed by atoms with Crippen LogP contribution in [0.2, 0.25) is 0 Å². The molecule has 0 bridgehead atoms. The Morgan fingerprint density at radius 2 is 2.21 bits per heavy atom. The van der Waals surface area contributed by atoms with Gasteiger partial charge in [0.1, 0.15) is 5.75 Å². The van der Waals surface area contributed by atoms with E-state index in [0.29, 0.717) is 6.54 Å². The Bertz CT molecular complexity index is 522. The number of ether oxygens (including phenoxy) is 1. The number of H-pyrrole nitrogens is 1. The second kappa shape index (κ2) is 6.38. The lowest BCUT2D eigenvalue weighted by molar-refractivity contribution is 0.317. The fourth-order valence-corrected chi connectivity index (χ4v) is 2.09. The highest BCUT2D eigenvalue weighted by molar-refractivity contribution is 5.35. The van der Waals surface area contributed by atoms with Gasteiger partial charge in [0.15, 0.2) is 0 Å². The van der Waals surface area contributed by atoms with E-state index >= 15 is 0 Å². The van der Waals surface area contributed by atoms with E-state index in [1.807, 2.05) is 25.1 Å². The molecule has 1 aromatic carbocycles. The molecule has 1 aromatic heterocycles. The topological polar surface area (TPSA) is 63.9 Å². The normalized spacial score (nSPS) is 12.4. The van der Waals surface area contributed by atoms with Crippen LogP contribution in [0.15, 0.2) is 30.3 Å². The number of benzene rings is 1. The monoisotopic (exact) mass is 259 g/mol. The SMILES string of the molecule is CCCOc1cccc(C(CN)c2cc(C)[nH]n2)c1. The van der Waals surface area contributed by atoms with E-state index in [4.69, 9.17) is 10.5 Å². The molecule has 0 amide bonds. The van der Waals surface area contributed by atoms with Gasteiger partial charge in [-0.05, 0) is 37.1 Å². The zero-order valence-corrected chi connectivity index (χ0v) is 11.5. The molecule has 0 saturated carbocycles. The van der Waals surface area contributed by atoms with Gasteiger partial charge < -0.3 is 10.5 Å². The van der Waals surface area contributed by atoms with E-state index in [0.717, 1.165) is 35.7 Å². The predicted octanol–water partition coefficient (Wildman–Crippen LogP) is 2.60. The van der Waals surface area contributed by atoms with E-state index < -0.39 is 0 Å². The fourth-order valence-electron chi connectivity index (χ4n) is 2.09. The number of hydrogen-bond acceptors (Lipinski definition) is 3. The standard InChI is InChI=1S/C15H21N3O/c1-3-7-19-13-6-4-5-12(9-13)14(10-16)15-8-11(2)17-18-15/h4-6,8-9,14H,3,7,10,16H2,1-2H3,(H,17,18). The quantitative estimate of drug-likeness (QED) is 0.838. The summed E-state index contributed by atoms with van der Waals surface area (Å²) < 4.78 is 5.66. The molecule has 0 aliphatic rings. The van der Waals surface area contributed by atoms with Gasteiger partial charge in [-0.3, -0.25) is 5.10 Å². The summed E-state index contributed by atoms with van der Waals surface area (Å²) in [5.41, 5.74) is 9.07. The minimum Gasteiger partial charge on any atom is -0.494 e. The number of aryl methyl sites for hydroxylation is 1. The molecule has 2 rings (SSSR count). The van der Waals surface area contributed by atoms with Crippen molar-refractivity contribution in [2.24, 2.45) is 5.73 Å². The highest BCUT2D eigenvalue weighted by Gasteiger charge is 2.15. The summed E-state index contributed by atoms with van der Waals surface area (Å²) in [7, 11) is 0. The molecular weight excluding hydrogens is 238 g/mol. The average Bonchev–Trinajstić information content (AvgIpc) is 2.84. The van der Waals surface area contributed by atoms with E-state index in [1.165, 1.54) is 0 Å². The van der Waals surface area contributed by atoms with Gasteiger partial charge in [-0.2, -0.15) is 5.10 Å². The highest BCUT2D eigenvalue weighted by atomic mass is 16.5. The predicted molar refractivity (Wildman–Crippen MR) is 76.5 cm³/mol. The van der Waals surface area contributed by atoms with Gasteiger partial charge in [-0.15, -0.1) is 0 Å². The second-order valence-electron chi connectivity index (χ2n) is 4.69. The third-order valence-electron chi connectivity index (χ3n) is 3.05. The lowest BCUT2D eigenvalue weighted by Gasteiger charge is -2.14. The molecule has 102 valence electrons. The molecule has 0 radical (unpaired) electrons. The van der Waals surface area contributed by atoms with Gasteiger partial charge in [-0.25, -0.2) is 0 Å². The lowest BCUT2D eigenvalue weighted by atomic mass is 9.95. The van der Waals surface area contributed by atoms with E-state index in [1.54, 1.807) is 0 Å². The van der Waals surface area contributed by atoms with Crippen LogP contribution in [0, 0.1) is 6.92 Å². The smallest absolute Gasteiger partial charge is 0.119 e. The van der Waals surface area contributed by atoms with Crippen molar-refractivity contribution in [2.45, 2.75) is 26.2 Å². The van der Waals surface area contributed by atoms with Crippen molar-refractivity contribution in [3.05, 3.63) is 47.3 Å². The van der Waals surface area contributed by atoms with E-state index in [2.05, 4.69) is 29.3 Å². The van der Waals surface area contributed by atoms with Gasteiger partial charge in [0.2, 0.25) is 0 Å². The Morgan fingerprint density at radius 1 is 1.37 bits per heavy atom. The second-order valence-corrected chi connectivity index (χ2v) is 4.69. The van der Waals surface area contributed by atoms with E-state index in [9.17, 15) is 0 Å². The van der Waals surface area contributed by atoms with E-state index in [-0.39, 0.29) is 5.92 Å². The third-order valence-corrected chi connectivity index (χ3v) is 3.05. The molecule has 1 unspecified atom stereocenters. The summed E-state index contributed by atoms with van der Waals surface area (Å²) in [5, 5.41) is 7.27. The Balaban J connectivity index is 2.23. The minimum absolute atomic E-state index is 0.107. The molecule has 1 heterocycles. The minimum atomic E-state index is 0.107. The summed E-state index contributed by atoms with van der Waals surface area (Å²) in [5.74, 6) is 1.00. The zero-order valence-electron chi connectivity index (χ0n) is 11.5. The summed E-state index contributed by atoms with van der Waals surface area (Å²) in [6.45, 7) is 5.35. The molecule has 4 nitrogen and oxygen atoms in total. The average molecular weight is 259 g/mol. The molecule has 3 N–H and O–H groups in total. The third kappa shape index (κ3) is 3.35. The Labute approximate surface area is 114 Å². The molecule has 0 saturated heterocycles. The molecule has 0 aliphatic carbocycles. The van der Waals surface area contributed by atoms with Crippen molar-refractivity contribution < 1.29 is 4.74 Å². The molecule has 0 fully saturated rings. The molecule has 0 aliphatic heterocycles. The van der Waals surface area contributed by atoms with Crippen LogP contribution in [-0.2, 0) is 0 Å². The van der Waals surface area contributed by atoms with Gasteiger partial charge in [-0.1, -0.05) is 19.1 Å². The molecular formula is C15H21N3O. The van der Waals surface area contributed by atoms with Gasteiger partial charge in [0.25, 0.3) is 0 Å². The first-order chi connectivity index (χ1) is 9.24. The lowest BCUT2D eigenvalue weighted by Crippen LogP contribution is -2.14. The molecule has 4 heteroatoms. The number of nitrogens with one attached hydrogen (secondary N) is 1. The number of aromatic nitrogens is 2. The first-order valence-electron chi connectivity index (χ1n) is 6.69. The highest BCUT2D eigenvalue weighted by Crippen LogP contribution is 2.25. The van der Waals surface area contributed by atoms with Crippen molar-refractivity contribution in [3.63, 3.8) is 0 Å². The maximum absolute atomic E-state index is 5.90. The Morgan fingerprint density at radius 3 is 2.84 bits per heavy atom. The first kappa shape index (κ1) is 13.6. The molecule has 2 aromatic rings. The van der Waals surface area contributed by atoms with Crippen LogP contribution in [0.1, 0.15) is 36.2 Å². The Hall–Kier alpha value is -1.81. The molecule has 19 heavy (non-hydrogen) atoms. The van der Waals surface area contributed by atoms with Crippen LogP contribution in [0.3, 0.4) is 0 Å². The number of nitrogens with two attached hydrogens (primary N) is 1. The van der Waals surface area contributed by atoms with Gasteiger partial charge in [0, 0.05) is 18.2 Å². The zero-order chi connectivity index (χ0) is 13.7. The van der Waals surface area contributed by atoms with Crippen molar-refractivity contribution in [2.75, 3.05) is 13.2 Å². The van der Waals surface area contributed by atoms with Crippen molar-refractivity contribution >= 4 is 0 Å². The number of nitrogens with zero attached hydrogens (tertiary/aromatic N) is 1. The number of aromatic amines is 1. The molecule has 0 spiro atoms. The van der Waals surface area contributed by atoms with Crippen LogP contribution in [0.25, 0.3) is 0 Å². The van der Waals surface area contributed by atoms with Gasteiger partial charge in [0.05, 0.1) is 12.3 Å². The largest absolute Gasteiger partial charge is 0.494 e. The summed E-state index contributed by atoms with van der Waals surface area (Å²) >= 11 is 0. The van der Waals surface area contributed by atoms with Crippen LogP contribution >= 0.6 is 0 Å². The van der Waals surface area contributed by atoms with Crippen molar-refractivity contribution in [1.29, 1.82) is 0 Å². The summed E-state index contributed by atoms with van der Waals surface area (Å²) in [6, 6.07) is 10.1. The van der Waals surface area contributed by atoms with Crippen molar-refractivity contribution in [1.82, 2.24) is 10.2 Å². The van der Waals surface area contributed by atoms with Crippen molar-refractivity contribution in [3.8, 4) is 5.75 Å². The van der Waals surface area contributed by atoms with Crippen LogP contribution in [0.4, 0.5) is 0 Å². The maximum Gasteiger partial charge on any atom is 0.119 e. The van der Waals surface area contributed by atoms with Crippen LogP contribution < -0.4 is 10.5 Å². The first-order valence-corrected chi connectivity index (χ1v) is 6.69. The maximum atomic E-state index is 5.90. The molecule has 1 atom stereocenters. The van der Waals surface area contributed by atoms with Crippen LogP contribution in [-0.4, -0.2) is 23.3 Å². The van der Waals surface area contributed by atoms with Crippen LogP contribution in [0.5, 0.6) is 5.75 Å². The number of hydrogen-bond donors (Lipinski definition) is 2. The van der Waals surface area contributed by atoms with Gasteiger partial charge >= 0.3 is 0 Å². The summed E-state index contributed by atoms with van der Waals surface area (Å²) in [6.07, 6.45) is 1.00.